The Morgan fingerprint density at radius 2 is 0.915 bits per heavy atom. The minimum absolute atomic E-state index is 0.0236. The summed E-state index contributed by atoms with van der Waals surface area (Å²) in [7, 11) is 0. The Balaban J connectivity index is 1.12. The lowest BCUT2D eigenvalue weighted by atomic mass is 9.67. The summed E-state index contributed by atoms with van der Waals surface area (Å²) in [5.41, 5.74) is 19.2. The van der Waals surface area contributed by atoms with E-state index in [1.807, 2.05) is 0 Å². The zero-order chi connectivity index (χ0) is 32.5. The number of ketones is 1. The van der Waals surface area contributed by atoms with E-state index in [0.29, 0.717) is 0 Å². The molecule has 0 saturated carbocycles. The molecule has 0 unspecified atom stereocenters. The first-order chi connectivity index (χ1) is 22.5. The van der Waals surface area contributed by atoms with Crippen molar-refractivity contribution in [2.24, 2.45) is 0 Å². The lowest BCUT2D eigenvalue weighted by Crippen LogP contribution is -2.30. The number of carbonyl (C=O) groups is 1. The van der Waals surface area contributed by atoms with Gasteiger partial charge in [0.2, 0.25) is 0 Å². The van der Waals surface area contributed by atoms with E-state index in [-0.39, 0.29) is 22.0 Å². The molecule has 0 saturated heterocycles. The normalized spacial score (nSPS) is 18.6. The van der Waals surface area contributed by atoms with E-state index in [4.69, 9.17) is 0 Å². The molecule has 0 spiro atoms. The Kier molecular flexibility index (Phi) is 5.70. The van der Waals surface area contributed by atoms with Gasteiger partial charge in [0, 0.05) is 27.4 Å². The van der Waals surface area contributed by atoms with Crippen molar-refractivity contribution in [2.75, 3.05) is 0 Å². The smallest absolute Gasteiger partial charge is 0.193 e. The molecule has 0 N–H and O–H groups in total. The van der Waals surface area contributed by atoms with Crippen molar-refractivity contribution in [1.29, 1.82) is 0 Å². The molecule has 0 amide bonds. The molecule has 0 fully saturated rings. The largest absolute Gasteiger partial charge is 0.289 e. The predicted octanol–water partition coefficient (Wildman–Crippen LogP) is 11.6. The maximum atomic E-state index is 14.4. The summed E-state index contributed by atoms with van der Waals surface area (Å²) in [6, 6.07) is 35.7. The summed E-state index contributed by atoms with van der Waals surface area (Å²) < 4.78 is 0. The standard InChI is InChI=1S/C46H40O/c1-44(2)37-13-9-7-11-31(37)33-23-27(15-19-39(33)44)29-17-21-41-35(25-29)43(47)36-26-30(18-22-42(36)46(41,5)6)28-16-20-40-34(24-28)32-12-8-10-14-38(32)45(40,3)4/h7,9-11,13-26H,8,12H2,1-6H3. The van der Waals surface area contributed by atoms with Gasteiger partial charge in [-0.25, -0.2) is 0 Å². The number of carbonyl (C=O) groups excluding carboxylic acids is 1. The maximum absolute atomic E-state index is 14.4. The average Bonchev–Trinajstić information content (AvgIpc) is 3.46. The average molecular weight is 609 g/mol. The Bertz CT molecular complexity index is 2280. The highest BCUT2D eigenvalue weighted by molar-refractivity contribution is 6.14. The van der Waals surface area contributed by atoms with Gasteiger partial charge in [0.15, 0.2) is 5.78 Å². The van der Waals surface area contributed by atoms with Crippen molar-refractivity contribution in [3.05, 3.63) is 159 Å². The molecule has 0 heterocycles. The van der Waals surface area contributed by atoms with Crippen LogP contribution in [0.2, 0.25) is 0 Å². The number of fused-ring (bicyclic) bond motifs is 7. The van der Waals surface area contributed by atoms with Crippen LogP contribution in [-0.2, 0) is 16.2 Å². The first-order valence-electron chi connectivity index (χ1n) is 17.1. The highest BCUT2D eigenvalue weighted by Crippen LogP contribution is 2.52. The molecule has 9 rings (SSSR count). The van der Waals surface area contributed by atoms with Crippen LogP contribution in [0.4, 0.5) is 0 Å². The molecule has 0 radical (unpaired) electrons. The number of hydrogen-bond donors (Lipinski definition) is 0. The predicted molar refractivity (Wildman–Crippen MR) is 195 cm³/mol. The molecule has 0 bridgehead atoms. The topological polar surface area (TPSA) is 17.1 Å². The van der Waals surface area contributed by atoms with Crippen LogP contribution in [0.5, 0.6) is 0 Å². The van der Waals surface area contributed by atoms with E-state index in [1.165, 1.54) is 50.1 Å². The number of allylic oxidation sites excluding steroid dienone is 4. The van der Waals surface area contributed by atoms with Crippen molar-refractivity contribution in [3.63, 3.8) is 0 Å². The van der Waals surface area contributed by atoms with Gasteiger partial charge in [-0.1, -0.05) is 126 Å². The van der Waals surface area contributed by atoms with Gasteiger partial charge in [0.25, 0.3) is 0 Å². The molecule has 47 heavy (non-hydrogen) atoms. The third-order valence-electron chi connectivity index (χ3n) is 12.0. The summed E-state index contributed by atoms with van der Waals surface area (Å²) in [6.45, 7) is 13.8. The maximum Gasteiger partial charge on any atom is 0.193 e. The lowest BCUT2D eigenvalue weighted by Gasteiger charge is -2.35. The molecule has 0 aromatic heterocycles. The molecule has 5 aromatic rings. The van der Waals surface area contributed by atoms with Gasteiger partial charge in [-0.15, -0.1) is 0 Å². The van der Waals surface area contributed by atoms with Gasteiger partial charge < -0.3 is 0 Å². The van der Waals surface area contributed by atoms with Crippen LogP contribution in [0.25, 0.3) is 39.0 Å². The summed E-state index contributed by atoms with van der Waals surface area (Å²) in [6.07, 6.45) is 6.85. The number of rotatable bonds is 2. The second-order valence-electron chi connectivity index (χ2n) is 15.6. The van der Waals surface area contributed by atoms with E-state index in [2.05, 4.69) is 151 Å². The molecule has 230 valence electrons. The molecule has 4 aliphatic rings. The highest BCUT2D eigenvalue weighted by Gasteiger charge is 2.39. The Hall–Kier alpha value is -4.75. The minimum Gasteiger partial charge on any atom is -0.289 e. The minimum atomic E-state index is -0.285. The Labute approximate surface area is 278 Å². The highest BCUT2D eigenvalue weighted by atomic mass is 16.1. The van der Waals surface area contributed by atoms with Crippen molar-refractivity contribution in [1.82, 2.24) is 0 Å². The van der Waals surface area contributed by atoms with Gasteiger partial charge in [0.05, 0.1) is 0 Å². The van der Waals surface area contributed by atoms with E-state index in [0.717, 1.165) is 51.8 Å². The quantitative estimate of drug-likeness (QED) is 0.195. The van der Waals surface area contributed by atoms with Crippen molar-refractivity contribution in [2.45, 2.75) is 70.6 Å². The monoisotopic (exact) mass is 608 g/mol. The van der Waals surface area contributed by atoms with E-state index in [9.17, 15) is 4.79 Å². The third-order valence-corrected chi connectivity index (χ3v) is 12.0. The molecule has 1 nitrogen and oxygen atoms in total. The molecular weight excluding hydrogens is 569 g/mol. The van der Waals surface area contributed by atoms with Gasteiger partial charge in [-0.3, -0.25) is 4.79 Å². The zero-order valence-corrected chi connectivity index (χ0v) is 28.2. The van der Waals surface area contributed by atoms with E-state index >= 15 is 0 Å². The van der Waals surface area contributed by atoms with Crippen LogP contribution in [0.1, 0.15) is 104 Å². The summed E-state index contributed by atoms with van der Waals surface area (Å²) in [4.78, 5) is 14.4. The van der Waals surface area contributed by atoms with Crippen LogP contribution in [0, 0.1) is 0 Å². The van der Waals surface area contributed by atoms with Crippen molar-refractivity contribution in [3.8, 4) is 33.4 Å². The number of hydrogen-bond acceptors (Lipinski definition) is 1. The van der Waals surface area contributed by atoms with E-state index < -0.39 is 0 Å². The van der Waals surface area contributed by atoms with Gasteiger partial charge in [0.1, 0.15) is 0 Å². The van der Waals surface area contributed by atoms with Crippen molar-refractivity contribution < 1.29 is 4.79 Å². The van der Waals surface area contributed by atoms with Crippen LogP contribution >= 0.6 is 0 Å². The van der Waals surface area contributed by atoms with Gasteiger partial charge in [-0.05, 0) is 115 Å². The fourth-order valence-electron chi connectivity index (χ4n) is 9.30. The van der Waals surface area contributed by atoms with Crippen LogP contribution < -0.4 is 0 Å². The fraction of sp³-hybridized carbons (Fsp3) is 0.239. The Morgan fingerprint density at radius 1 is 0.468 bits per heavy atom. The molecule has 0 aliphatic heterocycles. The fourth-order valence-corrected chi connectivity index (χ4v) is 9.30. The molecule has 4 aliphatic carbocycles. The van der Waals surface area contributed by atoms with Gasteiger partial charge in [-0.2, -0.15) is 0 Å². The van der Waals surface area contributed by atoms with Crippen molar-refractivity contribution >= 4 is 11.4 Å². The molecule has 5 aromatic carbocycles. The van der Waals surface area contributed by atoms with Crippen LogP contribution in [-0.4, -0.2) is 5.78 Å². The molecular formula is C46H40O. The van der Waals surface area contributed by atoms with Gasteiger partial charge >= 0.3 is 0 Å². The van der Waals surface area contributed by atoms with Crippen LogP contribution in [0.3, 0.4) is 0 Å². The summed E-state index contributed by atoms with van der Waals surface area (Å²) in [5, 5.41) is 0. The third kappa shape index (κ3) is 3.80. The van der Waals surface area contributed by atoms with E-state index in [1.54, 1.807) is 0 Å². The summed E-state index contributed by atoms with van der Waals surface area (Å²) >= 11 is 0. The molecule has 0 atom stereocenters. The number of benzene rings is 5. The van der Waals surface area contributed by atoms with Crippen LogP contribution in [0.15, 0.2) is 115 Å². The Morgan fingerprint density at radius 3 is 1.49 bits per heavy atom. The second-order valence-corrected chi connectivity index (χ2v) is 15.6. The second kappa shape index (κ2) is 9.41. The first-order valence-corrected chi connectivity index (χ1v) is 17.1. The molecule has 1 heteroatoms. The first kappa shape index (κ1) is 28.5. The lowest BCUT2D eigenvalue weighted by molar-refractivity contribution is 0.103. The summed E-state index contributed by atoms with van der Waals surface area (Å²) in [5.74, 6) is 0.121. The zero-order valence-electron chi connectivity index (χ0n) is 28.2. The SMILES string of the molecule is CC1(C)C2=C(CCC=C2)c2cc(-c3ccc4c(c3)C(=O)c3cc(-c5ccc6c(c5)-c5ccccc5C6(C)C)ccc3C4(C)C)ccc21.